The fourth-order valence-corrected chi connectivity index (χ4v) is 3.41. The largest absolute Gasteiger partial charge is 0.483 e. The van der Waals surface area contributed by atoms with Crippen molar-refractivity contribution in [2.24, 2.45) is 0 Å². The summed E-state index contributed by atoms with van der Waals surface area (Å²) >= 11 is 0. The van der Waals surface area contributed by atoms with Crippen LogP contribution >= 0.6 is 0 Å². The van der Waals surface area contributed by atoms with Crippen molar-refractivity contribution in [1.29, 1.82) is 0 Å². The Bertz CT molecular complexity index is 819. The zero-order valence-electron chi connectivity index (χ0n) is 14.5. The molecule has 0 radical (unpaired) electrons. The average Bonchev–Trinajstić information content (AvgIpc) is 2.93. The van der Waals surface area contributed by atoms with E-state index < -0.39 is 0 Å². The highest BCUT2D eigenvalue weighted by Gasteiger charge is 2.32. The van der Waals surface area contributed by atoms with Crippen LogP contribution < -0.4 is 9.47 Å². The number of amides is 1. The Labute approximate surface area is 146 Å². The maximum absolute atomic E-state index is 12.5. The summed E-state index contributed by atoms with van der Waals surface area (Å²) in [5.74, 6) is 1.36. The van der Waals surface area contributed by atoms with Crippen LogP contribution in [0.5, 0.6) is 11.5 Å². The molecular formula is C19H21N3O3. The van der Waals surface area contributed by atoms with E-state index in [0.717, 1.165) is 35.4 Å². The number of para-hydroxylation sites is 1. The van der Waals surface area contributed by atoms with E-state index in [1.54, 1.807) is 17.4 Å². The Morgan fingerprint density at radius 3 is 3.12 bits per heavy atom. The third-order valence-electron chi connectivity index (χ3n) is 4.62. The molecule has 130 valence electrons. The summed E-state index contributed by atoms with van der Waals surface area (Å²) in [5, 5.41) is 0. The molecule has 0 unspecified atom stereocenters. The second-order valence-corrected chi connectivity index (χ2v) is 7.13. The molecule has 1 aromatic heterocycles. The molecule has 2 aliphatic rings. The van der Waals surface area contributed by atoms with Gasteiger partial charge in [0, 0.05) is 43.3 Å². The van der Waals surface area contributed by atoms with Crippen LogP contribution in [-0.2, 0) is 24.2 Å². The first-order valence-electron chi connectivity index (χ1n) is 8.51. The second-order valence-electron chi connectivity index (χ2n) is 7.13. The van der Waals surface area contributed by atoms with Crippen LogP contribution in [0.1, 0.15) is 30.7 Å². The van der Waals surface area contributed by atoms with Gasteiger partial charge in [0.25, 0.3) is 5.91 Å². The third-order valence-corrected chi connectivity index (χ3v) is 4.62. The van der Waals surface area contributed by atoms with Gasteiger partial charge >= 0.3 is 0 Å². The number of rotatable bonds is 3. The van der Waals surface area contributed by atoms with E-state index in [9.17, 15) is 4.79 Å². The highest BCUT2D eigenvalue weighted by molar-refractivity contribution is 5.78. The van der Waals surface area contributed by atoms with Crippen molar-refractivity contribution in [3.05, 3.63) is 47.5 Å². The smallest absolute Gasteiger partial charge is 0.260 e. The third kappa shape index (κ3) is 3.16. The SMILES string of the molecule is CC1(C)Cc2cccc(OCC(=O)N3CCc4ncncc4C3)c2O1. The van der Waals surface area contributed by atoms with Crippen molar-refractivity contribution < 1.29 is 14.3 Å². The summed E-state index contributed by atoms with van der Waals surface area (Å²) in [6.07, 6.45) is 4.93. The lowest BCUT2D eigenvalue weighted by molar-refractivity contribution is -0.134. The summed E-state index contributed by atoms with van der Waals surface area (Å²) in [6.45, 7) is 5.30. The van der Waals surface area contributed by atoms with Gasteiger partial charge in [0.15, 0.2) is 18.1 Å². The molecule has 6 nitrogen and oxygen atoms in total. The molecule has 0 saturated carbocycles. The molecule has 2 aliphatic heterocycles. The Kier molecular flexibility index (Phi) is 3.82. The predicted octanol–water partition coefficient (Wildman–Crippen LogP) is 2.15. The number of carbonyl (C=O) groups excluding carboxylic acids is 1. The summed E-state index contributed by atoms with van der Waals surface area (Å²) in [5.41, 5.74) is 2.92. The Morgan fingerprint density at radius 2 is 2.24 bits per heavy atom. The summed E-state index contributed by atoms with van der Waals surface area (Å²) in [6, 6.07) is 5.84. The van der Waals surface area contributed by atoms with Gasteiger partial charge in [0.1, 0.15) is 11.9 Å². The van der Waals surface area contributed by atoms with Crippen LogP contribution in [0.15, 0.2) is 30.7 Å². The quantitative estimate of drug-likeness (QED) is 0.857. The number of nitrogens with zero attached hydrogens (tertiary/aromatic N) is 3. The Morgan fingerprint density at radius 1 is 1.36 bits per heavy atom. The molecule has 4 rings (SSSR count). The van der Waals surface area contributed by atoms with Crippen molar-refractivity contribution in [1.82, 2.24) is 14.9 Å². The normalized spacial score (nSPS) is 17.4. The second kappa shape index (κ2) is 6.02. The summed E-state index contributed by atoms with van der Waals surface area (Å²) < 4.78 is 11.8. The lowest BCUT2D eigenvalue weighted by Gasteiger charge is -2.27. The van der Waals surface area contributed by atoms with Crippen molar-refractivity contribution in [2.45, 2.75) is 38.8 Å². The highest BCUT2D eigenvalue weighted by Crippen LogP contribution is 2.41. The average molecular weight is 339 g/mol. The number of carbonyl (C=O) groups is 1. The zero-order valence-corrected chi connectivity index (χ0v) is 14.5. The van der Waals surface area contributed by atoms with E-state index in [1.807, 2.05) is 18.2 Å². The first-order valence-corrected chi connectivity index (χ1v) is 8.51. The molecule has 1 aromatic carbocycles. The molecule has 0 aliphatic carbocycles. The van der Waals surface area contributed by atoms with E-state index in [2.05, 4.69) is 23.8 Å². The summed E-state index contributed by atoms with van der Waals surface area (Å²) in [4.78, 5) is 22.6. The monoisotopic (exact) mass is 339 g/mol. The minimum atomic E-state index is -0.234. The number of ether oxygens (including phenoxy) is 2. The maximum atomic E-state index is 12.5. The van der Waals surface area contributed by atoms with E-state index in [1.165, 1.54) is 0 Å². The van der Waals surface area contributed by atoms with E-state index in [0.29, 0.717) is 18.8 Å². The number of hydrogen-bond donors (Lipinski definition) is 0. The van der Waals surface area contributed by atoms with Crippen molar-refractivity contribution in [3.8, 4) is 11.5 Å². The van der Waals surface area contributed by atoms with Gasteiger partial charge in [-0.15, -0.1) is 0 Å². The molecule has 0 fully saturated rings. The first-order chi connectivity index (χ1) is 12.0. The van der Waals surface area contributed by atoms with Gasteiger partial charge in [0.05, 0.1) is 5.69 Å². The van der Waals surface area contributed by atoms with Gasteiger partial charge in [-0.3, -0.25) is 4.79 Å². The van der Waals surface area contributed by atoms with Gasteiger partial charge in [0.2, 0.25) is 0 Å². The minimum absolute atomic E-state index is 0.00324. The number of hydrogen-bond acceptors (Lipinski definition) is 5. The molecule has 3 heterocycles. The molecule has 25 heavy (non-hydrogen) atoms. The standard InChI is InChI=1S/C19H21N3O3/c1-19(2)8-13-4-3-5-16(18(13)25-19)24-11-17(23)22-7-6-15-14(10-22)9-20-12-21-15/h3-5,9,12H,6-8,10-11H2,1-2H3. The molecular weight excluding hydrogens is 318 g/mol. The molecule has 0 atom stereocenters. The van der Waals surface area contributed by atoms with Crippen LogP contribution in [0.25, 0.3) is 0 Å². The molecule has 0 saturated heterocycles. The summed E-state index contributed by atoms with van der Waals surface area (Å²) in [7, 11) is 0. The highest BCUT2D eigenvalue weighted by atomic mass is 16.5. The van der Waals surface area contributed by atoms with Gasteiger partial charge in [-0.05, 0) is 19.9 Å². The molecule has 0 spiro atoms. The minimum Gasteiger partial charge on any atom is -0.483 e. The van der Waals surface area contributed by atoms with Crippen molar-refractivity contribution >= 4 is 5.91 Å². The van der Waals surface area contributed by atoms with Gasteiger partial charge in [-0.2, -0.15) is 0 Å². The molecule has 2 aromatic rings. The lowest BCUT2D eigenvalue weighted by Crippen LogP contribution is -2.39. The predicted molar refractivity (Wildman–Crippen MR) is 91.5 cm³/mol. The van der Waals surface area contributed by atoms with Gasteiger partial charge < -0.3 is 14.4 Å². The zero-order chi connectivity index (χ0) is 17.4. The molecule has 0 bridgehead atoms. The van der Waals surface area contributed by atoms with Gasteiger partial charge in [-0.1, -0.05) is 12.1 Å². The van der Waals surface area contributed by atoms with Crippen LogP contribution in [0.2, 0.25) is 0 Å². The molecule has 1 amide bonds. The fourth-order valence-electron chi connectivity index (χ4n) is 3.41. The van der Waals surface area contributed by atoms with Crippen LogP contribution in [0, 0.1) is 0 Å². The number of aromatic nitrogens is 2. The Balaban J connectivity index is 1.42. The van der Waals surface area contributed by atoms with Crippen molar-refractivity contribution in [3.63, 3.8) is 0 Å². The van der Waals surface area contributed by atoms with Crippen LogP contribution in [0.4, 0.5) is 0 Å². The first kappa shape index (κ1) is 15.9. The maximum Gasteiger partial charge on any atom is 0.260 e. The number of fused-ring (bicyclic) bond motifs is 2. The van der Waals surface area contributed by atoms with Crippen molar-refractivity contribution in [2.75, 3.05) is 13.2 Å². The Hall–Kier alpha value is -2.63. The van der Waals surface area contributed by atoms with Crippen LogP contribution in [0.3, 0.4) is 0 Å². The molecule has 6 heteroatoms. The van der Waals surface area contributed by atoms with Gasteiger partial charge in [-0.25, -0.2) is 9.97 Å². The van der Waals surface area contributed by atoms with E-state index in [-0.39, 0.29) is 18.1 Å². The number of benzene rings is 1. The van der Waals surface area contributed by atoms with E-state index >= 15 is 0 Å². The van der Waals surface area contributed by atoms with Crippen LogP contribution in [-0.4, -0.2) is 39.5 Å². The topological polar surface area (TPSA) is 64.5 Å². The molecule has 0 N–H and O–H groups in total. The van der Waals surface area contributed by atoms with E-state index in [4.69, 9.17) is 9.47 Å². The fraction of sp³-hybridized carbons (Fsp3) is 0.421. The lowest BCUT2D eigenvalue weighted by atomic mass is 10.0.